The standard InChI is InChI=1S/C18H29NO3S/c1-17(2)13-16(18(3,4)22-17)19-11-8-12-23(20,21)14-15-9-6-5-7-10-15/h5-7,9-10,16,19H,8,11-14H2,1-4H3. The van der Waals surface area contributed by atoms with Crippen molar-refractivity contribution in [3.63, 3.8) is 0 Å². The molecule has 0 spiro atoms. The molecule has 1 saturated heterocycles. The van der Waals surface area contributed by atoms with E-state index in [9.17, 15) is 8.42 Å². The van der Waals surface area contributed by atoms with Crippen molar-refractivity contribution in [2.24, 2.45) is 0 Å². The fourth-order valence-corrected chi connectivity index (χ4v) is 4.78. The lowest BCUT2D eigenvalue weighted by molar-refractivity contribution is -0.0697. The Labute approximate surface area is 140 Å². The zero-order valence-electron chi connectivity index (χ0n) is 14.6. The maximum absolute atomic E-state index is 12.2. The fourth-order valence-electron chi connectivity index (χ4n) is 3.35. The SMILES string of the molecule is CC1(C)CC(NCCCS(=O)(=O)Cc2ccccc2)C(C)(C)O1. The Morgan fingerprint density at radius 2 is 1.83 bits per heavy atom. The van der Waals surface area contributed by atoms with Gasteiger partial charge in [0.1, 0.15) is 0 Å². The quantitative estimate of drug-likeness (QED) is 0.776. The first-order valence-electron chi connectivity index (χ1n) is 8.28. The summed E-state index contributed by atoms with van der Waals surface area (Å²) in [5.41, 5.74) is 0.514. The summed E-state index contributed by atoms with van der Waals surface area (Å²) >= 11 is 0. The third-order valence-electron chi connectivity index (χ3n) is 4.33. The molecule has 0 radical (unpaired) electrons. The van der Waals surface area contributed by atoms with E-state index in [0.29, 0.717) is 13.0 Å². The Kier molecular flexibility index (Phi) is 5.54. The molecule has 130 valence electrons. The Bertz CT molecular complexity index is 608. The average molecular weight is 340 g/mol. The van der Waals surface area contributed by atoms with E-state index in [-0.39, 0.29) is 28.7 Å². The van der Waals surface area contributed by atoms with E-state index in [4.69, 9.17) is 4.74 Å². The lowest BCUT2D eigenvalue weighted by Gasteiger charge is -2.27. The molecule has 4 nitrogen and oxygen atoms in total. The van der Waals surface area contributed by atoms with Crippen LogP contribution in [0.1, 0.15) is 46.1 Å². The van der Waals surface area contributed by atoms with Gasteiger partial charge in [0, 0.05) is 6.04 Å². The van der Waals surface area contributed by atoms with Crippen molar-refractivity contribution < 1.29 is 13.2 Å². The van der Waals surface area contributed by atoms with Gasteiger partial charge >= 0.3 is 0 Å². The maximum Gasteiger partial charge on any atom is 0.154 e. The Morgan fingerprint density at radius 1 is 1.17 bits per heavy atom. The zero-order valence-corrected chi connectivity index (χ0v) is 15.4. The smallest absolute Gasteiger partial charge is 0.154 e. The minimum atomic E-state index is -3.05. The molecular formula is C18H29NO3S. The fraction of sp³-hybridized carbons (Fsp3) is 0.667. The molecule has 1 aliphatic rings. The summed E-state index contributed by atoms with van der Waals surface area (Å²) in [6.07, 6.45) is 1.57. The van der Waals surface area contributed by atoms with Crippen LogP contribution in [0, 0.1) is 0 Å². The number of rotatable bonds is 7. The molecule has 1 fully saturated rings. The Hall–Kier alpha value is -0.910. The normalized spacial score (nSPS) is 23.0. The Balaban J connectivity index is 1.77. The van der Waals surface area contributed by atoms with Crippen molar-refractivity contribution in [1.29, 1.82) is 0 Å². The van der Waals surface area contributed by atoms with Crippen molar-refractivity contribution in [1.82, 2.24) is 5.32 Å². The number of sulfone groups is 1. The van der Waals surface area contributed by atoms with E-state index in [2.05, 4.69) is 33.0 Å². The maximum atomic E-state index is 12.2. The third kappa shape index (κ3) is 5.59. The minimum Gasteiger partial charge on any atom is -0.368 e. The lowest BCUT2D eigenvalue weighted by atomic mass is 9.94. The van der Waals surface area contributed by atoms with E-state index >= 15 is 0 Å². The van der Waals surface area contributed by atoms with E-state index in [1.54, 1.807) is 0 Å². The third-order valence-corrected chi connectivity index (χ3v) is 6.01. The predicted octanol–water partition coefficient (Wildman–Crippen LogP) is 2.93. The molecule has 0 bridgehead atoms. The molecule has 1 N–H and O–H groups in total. The molecule has 1 aliphatic heterocycles. The van der Waals surface area contributed by atoms with Gasteiger partial charge < -0.3 is 10.1 Å². The van der Waals surface area contributed by atoms with Crippen LogP contribution >= 0.6 is 0 Å². The first-order valence-corrected chi connectivity index (χ1v) is 10.1. The molecule has 1 unspecified atom stereocenters. The summed E-state index contributed by atoms with van der Waals surface area (Å²) in [6, 6.07) is 9.61. The first-order chi connectivity index (χ1) is 10.6. The van der Waals surface area contributed by atoms with Crippen LogP contribution in [0.2, 0.25) is 0 Å². The van der Waals surface area contributed by atoms with Crippen molar-refractivity contribution >= 4 is 9.84 Å². The molecule has 1 aromatic rings. The van der Waals surface area contributed by atoms with E-state index in [1.165, 1.54) is 0 Å². The second-order valence-corrected chi connectivity index (χ2v) is 9.79. The lowest BCUT2D eigenvalue weighted by Crippen LogP contribution is -2.43. The van der Waals surface area contributed by atoms with Crippen LogP contribution in [0.5, 0.6) is 0 Å². The molecule has 0 aromatic heterocycles. The summed E-state index contributed by atoms with van der Waals surface area (Å²) in [6.45, 7) is 9.07. The summed E-state index contributed by atoms with van der Waals surface area (Å²) in [4.78, 5) is 0. The summed E-state index contributed by atoms with van der Waals surface area (Å²) in [7, 11) is -3.05. The van der Waals surface area contributed by atoms with Gasteiger partial charge in [-0.25, -0.2) is 8.42 Å². The van der Waals surface area contributed by atoms with Gasteiger partial charge in [-0.15, -0.1) is 0 Å². The van der Waals surface area contributed by atoms with Gasteiger partial charge in [0.05, 0.1) is 22.7 Å². The number of hydrogen-bond donors (Lipinski definition) is 1. The predicted molar refractivity (Wildman–Crippen MR) is 94.2 cm³/mol. The highest BCUT2D eigenvalue weighted by Gasteiger charge is 2.45. The summed E-state index contributed by atoms with van der Waals surface area (Å²) in [5.74, 6) is 0.338. The highest BCUT2D eigenvalue weighted by molar-refractivity contribution is 7.90. The second kappa shape index (κ2) is 6.91. The highest BCUT2D eigenvalue weighted by Crippen LogP contribution is 2.37. The number of ether oxygens (including phenoxy) is 1. The molecule has 5 heteroatoms. The molecular weight excluding hydrogens is 310 g/mol. The van der Waals surface area contributed by atoms with Gasteiger partial charge in [0.2, 0.25) is 0 Å². The van der Waals surface area contributed by atoms with Crippen molar-refractivity contribution in [2.45, 2.75) is 63.5 Å². The van der Waals surface area contributed by atoms with Crippen LogP contribution in [-0.4, -0.2) is 38.0 Å². The first kappa shape index (κ1) is 18.4. The zero-order chi connectivity index (χ0) is 17.1. The number of hydrogen-bond acceptors (Lipinski definition) is 4. The molecule has 1 heterocycles. The van der Waals surface area contributed by atoms with Gasteiger partial charge in [-0.2, -0.15) is 0 Å². The van der Waals surface area contributed by atoms with Crippen LogP contribution in [0.4, 0.5) is 0 Å². The monoisotopic (exact) mass is 339 g/mol. The van der Waals surface area contributed by atoms with Gasteiger partial charge in [0.25, 0.3) is 0 Å². The van der Waals surface area contributed by atoms with Crippen molar-refractivity contribution in [2.75, 3.05) is 12.3 Å². The largest absolute Gasteiger partial charge is 0.368 e. The van der Waals surface area contributed by atoms with Crippen LogP contribution in [-0.2, 0) is 20.3 Å². The average Bonchev–Trinajstić information content (AvgIpc) is 2.63. The molecule has 1 aromatic carbocycles. The van der Waals surface area contributed by atoms with E-state index in [1.807, 2.05) is 30.3 Å². The van der Waals surface area contributed by atoms with Crippen LogP contribution in [0.25, 0.3) is 0 Å². The molecule has 23 heavy (non-hydrogen) atoms. The summed E-state index contributed by atoms with van der Waals surface area (Å²) < 4.78 is 30.4. The van der Waals surface area contributed by atoms with Crippen LogP contribution in [0.15, 0.2) is 30.3 Å². The molecule has 0 aliphatic carbocycles. The molecule has 1 atom stereocenters. The van der Waals surface area contributed by atoms with Gasteiger partial charge in [-0.05, 0) is 52.6 Å². The van der Waals surface area contributed by atoms with Gasteiger partial charge in [0.15, 0.2) is 9.84 Å². The minimum absolute atomic E-state index is 0.124. The topological polar surface area (TPSA) is 55.4 Å². The molecule has 0 saturated carbocycles. The summed E-state index contributed by atoms with van der Waals surface area (Å²) in [5, 5.41) is 3.47. The van der Waals surface area contributed by atoms with E-state index in [0.717, 1.165) is 12.0 Å². The number of nitrogens with one attached hydrogen (secondary N) is 1. The number of benzene rings is 1. The van der Waals surface area contributed by atoms with E-state index < -0.39 is 9.84 Å². The molecule has 0 amide bonds. The van der Waals surface area contributed by atoms with Gasteiger partial charge in [-0.1, -0.05) is 30.3 Å². The van der Waals surface area contributed by atoms with Crippen LogP contribution in [0.3, 0.4) is 0 Å². The van der Waals surface area contributed by atoms with Crippen molar-refractivity contribution in [3.8, 4) is 0 Å². The molecule has 2 rings (SSSR count). The highest BCUT2D eigenvalue weighted by atomic mass is 32.2. The Morgan fingerprint density at radius 3 is 2.39 bits per heavy atom. The van der Waals surface area contributed by atoms with Crippen LogP contribution < -0.4 is 5.32 Å². The van der Waals surface area contributed by atoms with Gasteiger partial charge in [-0.3, -0.25) is 0 Å². The second-order valence-electron chi connectivity index (χ2n) is 7.61. The van der Waals surface area contributed by atoms with Crippen molar-refractivity contribution in [3.05, 3.63) is 35.9 Å².